The number of carbonyl (C=O) groups is 2. The summed E-state index contributed by atoms with van der Waals surface area (Å²) in [5.41, 5.74) is 7.01. The van der Waals surface area contributed by atoms with Crippen molar-refractivity contribution in [2.45, 2.75) is 131 Å². The van der Waals surface area contributed by atoms with Crippen LogP contribution in [0.15, 0.2) is 72.8 Å². The second-order valence-corrected chi connectivity index (χ2v) is 14.6. The van der Waals surface area contributed by atoms with Gasteiger partial charge in [0, 0.05) is 0 Å². The molecule has 0 unspecified atom stereocenters. The number of unbranched alkanes of at least 4 members (excludes halogenated alkanes) is 12. The third kappa shape index (κ3) is 13.4. The summed E-state index contributed by atoms with van der Waals surface area (Å²) in [6.07, 6.45) is 17.3. The minimum atomic E-state index is -0.413. The van der Waals surface area contributed by atoms with Gasteiger partial charge in [0.2, 0.25) is 0 Å². The summed E-state index contributed by atoms with van der Waals surface area (Å²) in [4.78, 5) is 26.1. The van der Waals surface area contributed by atoms with Crippen LogP contribution in [0.1, 0.15) is 147 Å². The van der Waals surface area contributed by atoms with Gasteiger partial charge in [0.1, 0.15) is 23.0 Å². The highest BCUT2D eigenvalue weighted by atomic mass is 16.5. The topological polar surface area (TPSA) is 71.1 Å². The first-order valence-corrected chi connectivity index (χ1v) is 20.3. The normalized spacial score (nSPS) is 11.0. The van der Waals surface area contributed by atoms with Crippen LogP contribution >= 0.6 is 0 Å². The Kier molecular flexibility index (Phi) is 17.6. The molecule has 0 amide bonds. The van der Waals surface area contributed by atoms with Crippen molar-refractivity contribution in [1.82, 2.24) is 0 Å². The largest absolute Gasteiger partial charge is 0.494 e. The first-order valence-electron chi connectivity index (χ1n) is 20.3. The molecule has 0 saturated heterocycles. The van der Waals surface area contributed by atoms with E-state index in [1.54, 1.807) is 24.3 Å². The number of rotatable bonds is 23. The molecule has 0 spiro atoms. The molecule has 0 N–H and O–H groups in total. The van der Waals surface area contributed by atoms with E-state index in [4.69, 9.17) is 18.9 Å². The van der Waals surface area contributed by atoms with Crippen LogP contribution in [0.25, 0.3) is 11.1 Å². The van der Waals surface area contributed by atoms with Crippen molar-refractivity contribution in [2.75, 3.05) is 13.2 Å². The lowest BCUT2D eigenvalue weighted by Crippen LogP contribution is -2.10. The van der Waals surface area contributed by atoms with Gasteiger partial charge in [-0.1, -0.05) is 90.9 Å². The van der Waals surface area contributed by atoms with Gasteiger partial charge in [-0.15, -0.1) is 0 Å². The minimum absolute atomic E-state index is 0.413. The first kappa shape index (κ1) is 42.2. The molecule has 0 saturated carbocycles. The Morgan fingerprint density at radius 1 is 0.407 bits per heavy atom. The average molecular weight is 735 g/mol. The van der Waals surface area contributed by atoms with Crippen LogP contribution in [0.4, 0.5) is 0 Å². The van der Waals surface area contributed by atoms with E-state index < -0.39 is 11.9 Å². The Hall–Kier alpha value is -4.58. The molecule has 4 rings (SSSR count). The lowest BCUT2D eigenvalue weighted by molar-refractivity contribution is 0.0725. The van der Waals surface area contributed by atoms with Crippen LogP contribution < -0.4 is 18.9 Å². The summed E-state index contributed by atoms with van der Waals surface area (Å²) in [6.45, 7) is 13.9. The van der Waals surface area contributed by atoms with Crippen molar-refractivity contribution in [1.29, 1.82) is 0 Å². The second kappa shape index (κ2) is 22.6. The Labute approximate surface area is 324 Å². The molecule has 0 aliphatic rings. The predicted octanol–water partition coefficient (Wildman–Crippen LogP) is 13.3. The maximum absolute atomic E-state index is 13.1. The molecule has 0 aliphatic carbocycles. The Morgan fingerprint density at radius 2 is 0.704 bits per heavy atom. The number of aryl methyl sites for hydroxylation is 4. The predicted molar refractivity (Wildman–Crippen MR) is 221 cm³/mol. The fourth-order valence-corrected chi connectivity index (χ4v) is 6.96. The highest BCUT2D eigenvalue weighted by Gasteiger charge is 2.18. The SMILES string of the molecule is CCCCCCCCCOc1ccc(C(=O)Oc2cc(C)c(-c3c(C)cc(OC(=O)c4ccc(OCCCCCCCCC)cc4)cc3C)c(C)c2)cc1. The van der Waals surface area contributed by atoms with Crippen molar-refractivity contribution < 1.29 is 28.5 Å². The first-order chi connectivity index (χ1) is 26.2. The lowest BCUT2D eigenvalue weighted by Gasteiger charge is -2.18. The molecule has 0 aromatic heterocycles. The highest BCUT2D eigenvalue weighted by Crippen LogP contribution is 2.37. The zero-order valence-corrected chi connectivity index (χ0v) is 33.7. The monoisotopic (exact) mass is 734 g/mol. The van der Waals surface area contributed by atoms with Crippen LogP contribution in [-0.4, -0.2) is 25.2 Å². The van der Waals surface area contributed by atoms with Crippen molar-refractivity contribution >= 4 is 11.9 Å². The fraction of sp³-hybridized carbons (Fsp3) is 0.458. The van der Waals surface area contributed by atoms with E-state index in [1.165, 1.54) is 77.0 Å². The van der Waals surface area contributed by atoms with Crippen molar-refractivity contribution in [3.8, 4) is 34.1 Å². The smallest absolute Gasteiger partial charge is 0.343 e. The van der Waals surface area contributed by atoms with Crippen molar-refractivity contribution in [3.63, 3.8) is 0 Å². The molecule has 0 fully saturated rings. The third-order valence-corrected chi connectivity index (χ3v) is 9.90. The lowest BCUT2D eigenvalue weighted by atomic mass is 9.89. The summed E-state index contributed by atoms with van der Waals surface area (Å²) < 4.78 is 23.4. The molecule has 4 aromatic rings. The highest BCUT2D eigenvalue weighted by molar-refractivity contribution is 5.92. The molecule has 0 bridgehead atoms. The van der Waals surface area contributed by atoms with E-state index in [2.05, 4.69) is 13.8 Å². The van der Waals surface area contributed by atoms with E-state index in [0.717, 1.165) is 57.7 Å². The summed E-state index contributed by atoms with van der Waals surface area (Å²) in [6, 6.07) is 21.9. The van der Waals surface area contributed by atoms with Gasteiger partial charge < -0.3 is 18.9 Å². The molecule has 0 radical (unpaired) electrons. The maximum atomic E-state index is 13.1. The Bertz CT molecular complexity index is 1580. The standard InChI is InChI=1S/C48H62O6/c1-7-9-11-13-15-17-19-29-51-41-25-21-39(22-26-41)47(49)53-43-31-35(3)45(36(4)32-43)46-37(5)33-44(34-38(46)6)54-48(50)40-23-27-42(28-24-40)52-30-20-18-16-14-12-10-8-2/h21-28,31-34H,7-20,29-30H2,1-6H3. The molecule has 4 aromatic carbocycles. The molecule has 0 aliphatic heterocycles. The van der Waals surface area contributed by atoms with E-state index >= 15 is 0 Å². The Morgan fingerprint density at radius 3 is 1.02 bits per heavy atom. The summed E-state index contributed by atoms with van der Waals surface area (Å²) >= 11 is 0. The number of hydrogen-bond donors (Lipinski definition) is 0. The van der Waals surface area contributed by atoms with Crippen LogP contribution in [0, 0.1) is 27.7 Å². The molecule has 6 nitrogen and oxygen atoms in total. The molecule has 0 atom stereocenters. The molecule has 6 heteroatoms. The van der Waals surface area contributed by atoms with Gasteiger partial charge in [-0.25, -0.2) is 9.59 Å². The van der Waals surface area contributed by atoms with Gasteiger partial charge in [-0.3, -0.25) is 0 Å². The third-order valence-electron chi connectivity index (χ3n) is 9.90. The zero-order valence-electron chi connectivity index (χ0n) is 33.7. The van der Waals surface area contributed by atoms with Gasteiger partial charge >= 0.3 is 11.9 Å². The molecular formula is C48H62O6. The molecule has 0 heterocycles. The minimum Gasteiger partial charge on any atom is -0.494 e. The molecule has 290 valence electrons. The van der Waals surface area contributed by atoms with Crippen molar-refractivity contribution in [3.05, 3.63) is 106 Å². The van der Waals surface area contributed by atoms with Gasteiger partial charge in [0.05, 0.1) is 24.3 Å². The maximum Gasteiger partial charge on any atom is 0.343 e. The van der Waals surface area contributed by atoms with Gasteiger partial charge in [-0.05, 0) is 147 Å². The van der Waals surface area contributed by atoms with Crippen LogP contribution in [0.2, 0.25) is 0 Å². The summed E-state index contributed by atoms with van der Waals surface area (Å²) in [5.74, 6) is 1.68. The van der Waals surface area contributed by atoms with Gasteiger partial charge in [-0.2, -0.15) is 0 Å². The van der Waals surface area contributed by atoms with Gasteiger partial charge in [0.15, 0.2) is 0 Å². The average Bonchev–Trinajstić information content (AvgIpc) is 3.15. The van der Waals surface area contributed by atoms with E-state index in [9.17, 15) is 9.59 Å². The second-order valence-electron chi connectivity index (χ2n) is 14.6. The number of esters is 2. The van der Waals surface area contributed by atoms with Crippen LogP contribution in [0.5, 0.6) is 23.0 Å². The summed E-state index contributed by atoms with van der Waals surface area (Å²) in [5, 5.41) is 0. The summed E-state index contributed by atoms with van der Waals surface area (Å²) in [7, 11) is 0. The van der Waals surface area contributed by atoms with Gasteiger partial charge in [0.25, 0.3) is 0 Å². The number of hydrogen-bond acceptors (Lipinski definition) is 6. The quantitative estimate of drug-likeness (QED) is 0.0429. The molecule has 54 heavy (non-hydrogen) atoms. The zero-order chi connectivity index (χ0) is 38.7. The van der Waals surface area contributed by atoms with E-state index in [1.807, 2.05) is 76.2 Å². The fourth-order valence-electron chi connectivity index (χ4n) is 6.96. The van der Waals surface area contributed by atoms with Crippen LogP contribution in [0.3, 0.4) is 0 Å². The van der Waals surface area contributed by atoms with E-state index in [0.29, 0.717) is 35.8 Å². The molecular weight excluding hydrogens is 673 g/mol. The Balaban J connectivity index is 1.29. The number of carbonyl (C=O) groups excluding carboxylic acids is 2. The number of benzene rings is 4. The number of ether oxygens (including phenoxy) is 4. The van der Waals surface area contributed by atoms with Crippen LogP contribution in [-0.2, 0) is 0 Å². The van der Waals surface area contributed by atoms with E-state index in [-0.39, 0.29) is 0 Å². The van der Waals surface area contributed by atoms with Crippen molar-refractivity contribution in [2.24, 2.45) is 0 Å².